The van der Waals surface area contributed by atoms with E-state index in [0.717, 1.165) is 41.3 Å². The number of nitrogens with zero attached hydrogens (tertiary/aromatic N) is 1. The van der Waals surface area contributed by atoms with Gasteiger partial charge in [-0.15, -0.1) is 24.0 Å². The predicted molar refractivity (Wildman–Crippen MR) is 140 cm³/mol. The van der Waals surface area contributed by atoms with E-state index in [-0.39, 0.29) is 36.6 Å². The maximum Gasteiger partial charge on any atom is 0.191 e. The smallest absolute Gasteiger partial charge is 0.191 e. The molecule has 0 aromatic heterocycles. The number of aliphatic hydroxyl groups excluding tert-OH is 1. The molecule has 2 aromatic carbocycles. The van der Waals surface area contributed by atoms with E-state index < -0.39 is 6.10 Å². The Bertz CT molecular complexity index is 846. The normalized spacial score (nSPS) is 12.0. The number of aliphatic imine (C=N–C) groups is 1. The summed E-state index contributed by atoms with van der Waals surface area (Å²) in [5.74, 6) is 3.01. The van der Waals surface area contributed by atoms with Crippen molar-refractivity contribution in [3.05, 3.63) is 53.6 Å². The maximum absolute atomic E-state index is 10.6. The molecule has 0 heterocycles. The maximum atomic E-state index is 10.6. The number of nitrogens with one attached hydrogen (secondary N) is 2. The van der Waals surface area contributed by atoms with Gasteiger partial charge in [0.2, 0.25) is 0 Å². The fourth-order valence-electron chi connectivity index (χ4n) is 3.09. The van der Waals surface area contributed by atoms with E-state index in [9.17, 15) is 5.11 Å². The van der Waals surface area contributed by atoms with Crippen LogP contribution in [0.2, 0.25) is 0 Å². The van der Waals surface area contributed by atoms with Gasteiger partial charge in [-0.3, -0.25) is 4.99 Å². The summed E-state index contributed by atoms with van der Waals surface area (Å²) in [6, 6.07) is 13.3. The van der Waals surface area contributed by atoms with E-state index in [1.165, 1.54) is 0 Å². The third kappa shape index (κ3) is 9.12. The van der Waals surface area contributed by atoms with Crippen molar-refractivity contribution >= 4 is 29.9 Å². The van der Waals surface area contributed by atoms with Crippen LogP contribution >= 0.6 is 24.0 Å². The van der Waals surface area contributed by atoms with Crippen molar-refractivity contribution in [2.75, 3.05) is 33.9 Å². The van der Waals surface area contributed by atoms with E-state index in [1.807, 2.05) is 63.2 Å². The van der Waals surface area contributed by atoms with Gasteiger partial charge in [-0.25, -0.2) is 0 Å². The highest BCUT2D eigenvalue weighted by Crippen LogP contribution is 2.24. The van der Waals surface area contributed by atoms with Crippen molar-refractivity contribution in [2.45, 2.75) is 39.4 Å². The molecular formula is C24H36IN3O4. The van der Waals surface area contributed by atoms with Crippen LogP contribution in [0, 0.1) is 0 Å². The molecule has 3 N–H and O–H groups in total. The van der Waals surface area contributed by atoms with Crippen molar-refractivity contribution in [1.29, 1.82) is 0 Å². The third-order valence-corrected chi connectivity index (χ3v) is 4.56. The van der Waals surface area contributed by atoms with Crippen molar-refractivity contribution < 1.29 is 19.3 Å². The van der Waals surface area contributed by atoms with Crippen LogP contribution < -0.4 is 24.8 Å². The van der Waals surface area contributed by atoms with Crippen LogP contribution in [0.1, 0.15) is 38.0 Å². The molecule has 0 radical (unpaired) electrons. The zero-order valence-electron chi connectivity index (χ0n) is 19.6. The minimum Gasteiger partial charge on any atom is -0.497 e. The summed E-state index contributed by atoms with van der Waals surface area (Å²) >= 11 is 0. The molecule has 0 spiro atoms. The van der Waals surface area contributed by atoms with E-state index >= 15 is 0 Å². The molecule has 0 aliphatic rings. The SMILES string of the molecule is CCNC(=NCC(O)c1cccc(OC(C)C)c1)NCCc1cc(OC)ccc1OC.I. The lowest BCUT2D eigenvalue weighted by Crippen LogP contribution is -2.38. The summed E-state index contributed by atoms with van der Waals surface area (Å²) in [4.78, 5) is 4.54. The second kappa shape index (κ2) is 14.8. The van der Waals surface area contributed by atoms with Gasteiger partial charge in [0, 0.05) is 13.1 Å². The Kier molecular flexibility index (Phi) is 12.9. The van der Waals surface area contributed by atoms with E-state index in [4.69, 9.17) is 14.2 Å². The van der Waals surface area contributed by atoms with Crippen molar-refractivity contribution in [1.82, 2.24) is 10.6 Å². The van der Waals surface area contributed by atoms with Gasteiger partial charge in [-0.05, 0) is 68.7 Å². The molecule has 1 unspecified atom stereocenters. The fraction of sp³-hybridized carbons (Fsp3) is 0.458. The highest BCUT2D eigenvalue weighted by atomic mass is 127. The highest BCUT2D eigenvalue weighted by Gasteiger charge is 2.10. The lowest BCUT2D eigenvalue weighted by molar-refractivity contribution is 0.185. The largest absolute Gasteiger partial charge is 0.497 e. The molecule has 7 nitrogen and oxygen atoms in total. The molecule has 0 saturated heterocycles. The zero-order valence-corrected chi connectivity index (χ0v) is 21.9. The van der Waals surface area contributed by atoms with Crippen molar-refractivity contribution in [3.8, 4) is 17.2 Å². The van der Waals surface area contributed by atoms with Gasteiger partial charge in [0.15, 0.2) is 5.96 Å². The quantitative estimate of drug-likeness (QED) is 0.221. The van der Waals surface area contributed by atoms with Crippen LogP contribution in [-0.2, 0) is 6.42 Å². The first-order valence-corrected chi connectivity index (χ1v) is 10.6. The molecule has 0 amide bonds. The lowest BCUT2D eigenvalue weighted by Gasteiger charge is -2.15. The average Bonchev–Trinajstić information content (AvgIpc) is 2.76. The molecular weight excluding hydrogens is 521 g/mol. The fourth-order valence-corrected chi connectivity index (χ4v) is 3.09. The number of hydrogen-bond acceptors (Lipinski definition) is 5. The predicted octanol–water partition coefficient (Wildman–Crippen LogP) is 3.94. The highest BCUT2D eigenvalue weighted by molar-refractivity contribution is 14.0. The number of hydrogen-bond donors (Lipinski definition) is 3. The summed E-state index contributed by atoms with van der Waals surface area (Å²) in [5.41, 5.74) is 1.83. The van der Waals surface area contributed by atoms with Gasteiger partial charge in [-0.2, -0.15) is 0 Å². The number of guanidine groups is 1. The average molecular weight is 557 g/mol. The van der Waals surface area contributed by atoms with Crippen LogP contribution in [0.3, 0.4) is 0 Å². The number of benzene rings is 2. The zero-order chi connectivity index (χ0) is 22.6. The molecule has 0 aliphatic carbocycles. The van der Waals surface area contributed by atoms with Crippen LogP contribution in [-0.4, -0.2) is 51.0 Å². The number of halogens is 1. The van der Waals surface area contributed by atoms with Crippen LogP contribution in [0.15, 0.2) is 47.5 Å². The number of rotatable bonds is 11. The van der Waals surface area contributed by atoms with Gasteiger partial charge in [0.05, 0.1) is 33.0 Å². The summed E-state index contributed by atoms with van der Waals surface area (Å²) in [6.45, 7) is 7.57. The van der Waals surface area contributed by atoms with Gasteiger partial charge in [-0.1, -0.05) is 12.1 Å². The molecule has 2 aromatic rings. The van der Waals surface area contributed by atoms with Gasteiger partial charge in [0.25, 0.3) is 0 Å². The number of methoxy groups -OCH3 is 2. The van der Waals surface area contributed by atoms with Crippen molar-refractivity contribution in [2.24, 2.45) is 4.99 Å². The second-order valence-corrected chi connectivity index (χ2v) is 7.33. The summed E-state index contributed by atoms with van der Waals surface area (Å²) in [5, 5.41) is 17.1. The first-order chi connectivity index (χ1) is 15.0. The van der Waals surface area contributed by atoms with E-state index in [1.54, 1.807) is 14.2 Å². The molecule has 32 heavy (non-hydrogen) atoms. The van der Waals surface area contributed by atoms with E-state index in [0.29, 0.717) is 12.5 Å². The molecule has 1 atom stereocenters. The minimum absolute atomic E-state index is 0. The van der Waals surface area contributed by atoms with Crippen LogP contribution in [0.4, 0.5) is 0 Å². The Labute approximate surface area is 208 Å². The second-order valence-electron chi connectivity index (χ2n) is 7.33. The summed E-state index contributed by atoms with van der Waals surface area (Å²) < 4.78 is 16.5. The first kappa shape index (κ1) is 27.8. The molecule has 8 heteroatoms. The number of ether oxygens (including phenoxy) is 3. The molecule has 178 valence electrons. The Morgan fingerprint density at radius 1 is 1.03 bits per heavy atom. The first-order valence-electron chi connectivity index (χ1n) is 10.6. The minimum atomic E-state index is -0.718. The molecule has 0 fully saturated rings. The van der Waals surface area contributed by atoms with Crippen LogP contribution in [0.5, 0.6) is 17.2 Å². The van der Waals surface area contributed by atoms with E-state index in [2.05, 4.69) is 15.6 Å². The Morgan fingerprint density at radius 3 is 2.47 bits per heavy atom. The molecule has 0 aliphatic heterocycles. The molecule has 2 rings (SSSR count). The standard InChI is InChI=1S/C24H35N3O4.HI/c1-6-25-24(26-13-12-19-15-20(29-4)10-11-23(19)30-5)27-16-22(28)18-8-7-9-21(14-18)31-17(2)3;/h7-11,14-15,17,22,28H,6,12-13,16H2,1-5H3,(H2,25,26,27);1H. The van der Waals surface area contributed by atoms with Gasteiger partial charge >= 0.3 is 0 Å². The number of aliphatic hydroxyl groups is 1. The van der Waals surface area contributed by atoms with Crippen LogP contribution in [0.25, 0.3) is 0 Å². The summed E-state index contributed by atoms with van der Waals surface area (Å²) in [7, 11) is 3.31. The van der Waals surface area contributed by atoms with Gasteiger partial charge in [0.1, 0.15) is 17.2 Å². The topological polar surface area (TPSA) is 84.3 Å². The van der Waals surface area contributed by atoms with Crippen molar-refractivity contribution in [3.63, 3.8) is 0 Å². The molecule has 0 bridgehead atoms. The summed E-state index contributed by atoms with van der Waals surface area (Å²) in [6.07, 6.45) is 0.102. The third-order valence-electron chi connectivity index (χ3n) is 4.56. The molecule has 0 saturated carbocycles. The lowest BCUT2D eigenvalue weighted by atomic mass is 10.1. The Hall–Kier alpha value is -2.20. The van der Waals surface area contributed by atoms with Gasteiger partial charge < -0.3 is 30.0 Å². The Morgan fingerprint density at radius 2 is 1.81 bits per heavy atom. The monoisotopic (exact) mass is 557 g/mol. The Balaban J connectivity index is 0.00000512.